The summed E-state index contributed by atoms with van der Waals surface area (Å²) in [5, 5.41) is 7.52. The smallest absolute Gasteiger partial charge is 0.137 e. The Bertz CT molecular complexity index is 2310. The SMILES string of the molecule is CCc1nn(-c2cccc(Oc3ccc4c5cc(CC(C)(C)C)ccc5n(-c5cc(C(C)(C)C)ccn5)c4c3)c2)c(CC)c1-c1ccccc1. The molecule has 7 rings (SSSR count). The molecule has 0 fully saturated rings. The molecule has 0 spiro atoms. The van der Waals surface area contributed by atoms with E-state index >= 15 is 0 Å². The van der Waals surface area contributed by atoms with Crippen LogP contribution in [0.5, 0.6) is 11.5 Å². The van der Waals surface area contributed by atoms with Gasteiger partial charge in [-0.05, 0) is 95.3 Å². The molecule has 0 aliphatic carbocycles. The Morgan fingerprint density at radius 1 is 0.680 bits per heavy atom. The Hall–Kier alpha value is -5.16. The first kappa shape index (κ1) is 33.3. The molecule has 7 aromatic rings. The molecule has 0 atom stereocenters. The molecule has 0 aliphatic heterocycles. The second-order valence-electron chi connectivity index (χ2n) is 15.6. The van der Waals surface area contributed by atoms with Crippen LogP contribution in [0.25, 0.3) is 44.4 Å². The monoisotopic (exact) mass is 660 g/mol. The highest BCUT2D eigenvalue weighted by Gasteiger charge is 2.21. The number of aromatic nitrogens is 4. The second-order valence-corrected chi connectivity index (χ2v) is 15.6. The van der Waals surface area contributed by atoms with Gasteiger partial charge in [-0.3, -0.25) is 4.57 Å². The highest BCUT2D eigenvalue weighted by molar-refractivity contribution is 6.09. The Morgan fingerprint density at radius 3 is 2.18 bits per heavy atom. The van der Waals surface area contributed by atoms with Crippen molar-refractivity contribution in [3.05, 3.63) is 132 Å². The standard InChI is InChI=1S/C45H48N4O/c1-9-38-43(31-15-12-11-13-16-31)39(10-2)49(47-38)33-17-14-18-34(27-33)50-35-20-21-36-37-25-30(29-44(3,4)5)19-22-40(37)48(41(36)28-35)42-26-32(23-24-46-42)45(6,7)8/h11-28H,9-10,29H2,1-8H3. The number of rotatable bonds is 8. The normalized spacial score (nSPS) is 12.2. The van der Waals surface area contributed by atoms with E-state index in [-0.39, 0.29) is 10.8 Å². The van der Waals surface area contributed by atoms with Crippen LogP contribution in [0.1, 0.15) is 77.9 Å². The Balaban J connectivity index is 1.32. The number of aryl methyl sites for hydroxylation is 1. The van der Waals surface area contributed by atoms with Crippen LogP contribution in [0.2, 0.25) is 0 Å². The molecule has 0 bridgehead atoms. The van der Waals surface area contributed by atoms with Gasteiger partial charge in [0.25, 0.3) is 0 Å². The molecular weight excluding hydrogens is 613 g/mol. The van der Waals surface area contributed by atoms with Crippen LogP contribution in [-0.2, 0) is 24.7 Å². The number of pyridine rings is 1. The molecule has 4 aromatic carbocycles. The average Bonchev–Trinajstić information content (AvgIpc) is 3.63. The average molecular weight is 661 g/mol. The van der Waals surface area contributed by atoms with Gasteiger partial charge in [0, 0.05) is 34.7 Å². The van der Waals surface area contributed by atoms with Crippen LogP contribution < -0.4 is 4.74 Å². The van der Waals surface area contributed by atoms with E-state index in [1.54, 1.807) is 0 Å². The molecule has 0 N–H and O–H groups in total. The van der Waals surface area contributed by atoms with Gasteiger partial charge in [0.1, 0.15) is 17.3 Å². The molecule has 5 nitrogen and oxygen atoms in total. The molecule has 0 aliphatic rings. The van der Waals surface area contributed by atoms with E-state index in [1.165, 1.54) is 38.7 Å². The number of hydrogen-bond acceptors (Lipinski definition) is 3. The molecule has 254 valence electrons. The van der Waals surface area contributed by atoms with E-state index in [4.69, 9.17) is 14.8 Å². The molecule has 3 heterocycles. The summed E-state index contributed by atoms with van der Waals surface area (Å²) in [6.07, 6.45) is 4.67. The summed E-state index contributed by atoms with van der Waals surface area (Å²) in [5.41, 5.74) is 10.7. The predicted molar refractivity (Wildman–Crippen MR) is 208 cm³/mol. The minimum atomic E-state index is 0.00157. The lowest BCUT2D eigenvalue weighted by Crippen LogP contribution is -2.12. The second kappa shape index (κ2) is 12.9. The topological polar surface area (TPSA) is 44.9 Å². The first-order chi connectivity index (χ1) is 23.9. The third-order valence-electron chi connectivity index (χ3n) is 9.46. The molecule has 0 amide bonds. The van der Waals surface area contributed by atoms with Crippen LogP contribution in [0.3, 0.4) is 0 Å². The summed E-state index contributed by atoms with van der Waals surface area (Å²) >= 11 is 0. The van der Waals surface area contributed by atoms with E-state index in [0.29, 0.717) is 0 Å². The summed E-state index contributed by atoms with van der Waals surface area (Å²) in [7, 11) is 0. The minimum Gasteiger partial charge on any atom is -0.457 e. The highest BCUT2D eigenvalue weighted by atomic mass is 16.5. The molecule has 5 heteroatoms. The van der Waals surface area contributed by atoms with Crippen molar-refractivity contribution in [2.24, 2.45) is 5.41 Å². The highest BCUT2D eigenvalue weighted by Crippen LogP contribution is 2.38. The van der Waals surface area contributed by atoms with Gasteiger partial charge < -0.3 is 4.74 Å². The summed E-state index contributed by atoms with van der Waals surface area (Å²) in [6, 6.07) is 36.6. The molecule has 0 saturated heterocycles. The van der Waals surface area contributed by atoms with Crippen molar-refractivity contribution >= 4 is 21.8 Å². The number of benzene rings is 4. The van der Waals surface area contributed by atoms with Gasteiger partial charge in [-0.25, -0.2) is 9.67 Å². The van der Waals surface area contributed by atoms with Crippen molar-refractivity contribution in [2.45, 2.75) is 80.1 Å². The lowest BCUT2D eigenvalue weighted by atomic mass is 9.87. The Morgan fingerprint density at radius 2 is 1.46 bits per heavy atom. The van der Waals surface area contributed by atoms with E-state index < -0.39 is 0 Å². The summed E-state index contributed by atoms with van der Waals surface area (Å²) < 4.78 is 11.0. The number of hydrogen-bond donors (Lipinski definition) is 0. The van der Waals surface area contributed by atoms with Crippen LogP contribution in [-0.4, -0.2) is 19.3 Å². The molecule has 50 heavy (non-hydrogen) atoms. The van der Waals surface area contributed by atoms with Gasteiger partial charge >= 0.3 is 0 Å². The van der Waals surface area contributed by atoms with E-state index in [1.807, 2.05) is 18.3 Å². The van der Waals surface area contributed by atoms with Gasteiger partial charge in [0.2, 0.25) is 0 Å². The molecular formula is C45H48N4O. The fourth-order valence-corrected chi connectivity index (χ4v) is 7.13. The van der Waals surface area contributed by atoms with Crippen molar-refractivity contribution in [3.8, 4) is 34.1 Å². The quantitative estimate of drug-likeness (QED) is 0.163. The fourth-order valence-electron chi connectivity index (χ4n) is 7.13. The summed E-state index contributed by atoms with van der Waals surface area (Å²) in [5.74, 6) is 2.45. The van der Waals surface area contributed by atoms with Crippen LogP contribution in [0.4, 0.5) is 0 Å². The van der Waals surface area contributed by atoms with Crippen molar-refractivity contribution in [2.75, 3.05) is 0 Å². The number of ether oxygens (including phenoxy) is 1. The van der Waals surface area contributed by atoms with Crippen LogP contribution >= 0.6 is 0 Å². The van der Waals surface area contributed by atoms with Crippen molar-refractivity contribution < 1.29 is 4.74 Å². The zero-order valence-corrected chi connectivity index (χ0v) is 30.7. The maximum absolute atomic E-state index is 6.65. The van der Waals surface area contributed by atoms with Gasteiger partial charge in [0.15, 0.2) is 0 Å². The van der Waals surface area contributed by atoms with Crippen LogP contribution in [0, 0.1) is 5.41 Å². The molecule has 0 unspecified atom stereocenters. The molecule has 3 aromatic heterocycles. The fraction of sp³-hybridized carbons (Fsp3) is 0.289. The minimum absolute atomic E-state index is 0.00157. The van der Waals surface area contributed by atoms with Crippen molar-refractivity contribution in [3.63, 3.8) is 0 Å². The maximum atomic E-state index is 6.65. The third-order valence-corrected chi connectivity index (χ3v) is 9.46. The lowest BCUT2D eigenvalue weighted by molar-refractivity contribution is 0.411. The first-order valence-electron chi connectivity index (χ1n) is 17.9. The largest absolute Gasteiger partial charge is 0.457 e. The summed E-state index contributed by atoms with van der Waals surface area (Å²) in [4.78, 5) is 4.90. The van der Waals surface area contributed by atoms with E-state index in [9.17, 15) is 0 Å². The third kappa shape index (κ3) is 6.45. The van der Waals surface area contributed by atoms with Gasteiger partial charge in [-0.1, -0.05) is 97.9 Å². The number of fused-ring (bicyclic) bond motifs is 3. The van der Waals surface area contributed by atoms with Gasteiger partial charge in [-0.2, -0.15) is 5.10 Å². The lowest BCUT2D eigenvalue weighted by Gasteiger charge is -2.20. The van der Waals surface area contributed by atoms with Gasteiger partial charge in [0.05, 0.1) is 28.1 Å². The predicted octanol–water partition coefficient (Wildman–Crippen LogP) is 11.8. The van der Waals surface area contributed by atoms with Crippen molar-refractivity contribution in [1.82, 2.24) is 19.3 Å². The van der Waals surface area contributed by atoms with Gasteiger partial charge in [-0.15, -0.1) is 0 Å². The number of nitrogens with zero attached hydrogens (tertiary/aromatic N) is 4. The molecule has 0 radical (unpaired) electrons. The maximum Gasteiger partial charge on any atom is 0.137 e. The van der Waals surface area contributed by atoms with E-state index in [0.717, 1.165) is 59.0 Å². The zero-order valence-electron chi connectivity index (χ0n) is 30.7. The first-order valence-corrected chi connectivity index (χ1v) is 17.9. The Labute approximate surface area is 296 Å². The van der Waals surface area contributed by atoms with Crippen molar-refractivity contribution in [1.29, 1.82) is 0 Å². The Kier molecular flexibility index (Phi) is 8.63. The molecule has 0 saturated carbocycles. The van der Waals surface area contributed by atoms with E-state index in [2.05, 4.69) is 156 Å². The summed E-state index contributed by atoms with van der Waals surface area (Å²) in [6.45, 7) is 18.0. The zero-order chi connectivity index (χ0) is 35.2. The van der Waals surface area contributed by atoms with Crippen LogP contribution in [0.15, 0.2) is 109 Å².